The van der Waals surface area contributed by atoms with E-state index < -0.39 is 26.0 Å². The Balaban J connectivity index is 2.02. The second kappa shape index (κ2) is 6.03. The Morgan fingerprint density at radius 1 is 1.04 bits per heavy atom. The maximum atomic E-state index is 8.55. The molecule has 0 aliphatic heterocycles. The van der Waals surface area contributed by atoms with E-state index in [9.17, 15) is 0 Å². The van der Waals surface area contributed by atoms with Gasteiger partial charge in [-0.2, -0.15) is 0 Å². The third-order valence-electron chi connectivity index (χ3n) is 4.15. The highest BCUT2D eigenvalue weighted by atomic mass is 16.3. The van der Waals surface area contributed by atoms with Gasteiger partial charge in [0.2, 0.25) is 0 Å². The maximum absolute atomic E-state index is 8.55. The van der Waals surface area contributed by atoms with Gasteiger partial charge in [-0.05, 0) is 54.8 Å². The molecule has 0 saturated heterocycles. The lowest BCUT2D eigenvalue weighted by atomic mass is 9.97. The quantitative estimate of drug-likeness (QED) is 0.428. The fraction of sp³-hybridized carbons (Fsp3) is 0.261. The standard InChI is InChI=1S/C23H23NO/c1-14(2)11-17-12-21(24-13-16(17)4)20-10-6-9-19-18-8-5-7-15(3)22(18)25-23(19)20/h5-10,12-14H,11H2,1-4H3/i3D3,4D3,11D2. The average molecular weight is 337 g/mol. The predicted molar refractivity (Wildman–Crippen MR) is 105 cm³/mol. The van der Waals surface area contributed by atoms with E-state index in [4.69, 9.17) is 15.4 Å². The molecule has 2 heteroatoms. The first-order chi connectivity index (χ1) is 15.2. The Morgan fingerprint density at radius 3 is 2.56 bits per heavy atom. The van der Waals surface area contributed by atoms with Crippen molar-refractivity contribution in [3.8, 4) is 11.3 Å². The lowest BCUT2D eigenvalue weighted by molar-refractivity contribution is 0.644. The van der Waals surface area contributed by atoms with E-state index in [1.807, 2.05) is 6.07 Å². The minimum Gasteiger partial charge on any atom is -0.455 e. The molecule has 0 fully saturated rings. The van der Waals surface area contributed by atoms with E-state index in [0.29, 0.717) is 27.6 Å². The summed E-state index contributed by atoms with van der Waals surface area (Å²) in [5.74, 6) is -0.474. The number of hydrogen-bond donors (Lipinski definition) is 0. The third-order valence-corrected chi connectivity index (χ3v) is 4.15. The van der Waals surface area contributed by atoms with Gasteiger partial charge in [0.05, 0.1) is 5.69 Å². The Bertz CT molecular complexity index is 1350. The van der Waals surface area contributed by atoms with Crippen molar-refractivity contribution in [2.75, 3.05) is 0 Å². The van der Waals surface area contributed by atoms with Gasteiger partial charge >= 0.3 is 0 Å². The normalized spacial score (nSPS) is 18.0. The van der Waals surface area contributed by atoms with Crippen molar-refractivity contribution in [1.29, 1.82) is 0 Å². The number of furan rings is 1. The first-order valence-corrected chi connectivity index (χ1v) is 8.19. The Morgan fingerprint density at radius 2 is 1.80 bits per heavy atom. The molecule has 0 aliphatic carbocycles. The zero-order chi connectivity index (χ0) is 24.3. The van der Waals surface area contributed by atoms with Crippen molar-refractivity contribution in [2.24, 2.45) is 5.92 Å². The van der Waals surface area contributed by atoms with Crippen LogP contribution >= 0.6 is 0 Å². The molecule has 0 saturated carbocycles. The summed E-state index contributed by atoms with van der Waals surface area (Å²) in [6.07, 6.45) is -0.704. The average Bonchev–Trinajstić information content (AvgIpc) is 3.10. The zero-order valence-electron chi connectivity index (χ0n) is 22.1. The van der Waals surface area contributed by atoms with Gasteiger partial charge in [0.15, 0.2) is 0 Å². The molecule has 0 atom stereocenters. The topological polar surface area (TPSA) is 26.0 Å². The Labute approximate surface area is 159 Å². The summed E-state index contributed by atoms with van der Waals surface area (Å²) < 4.78 is 70.2. The zero-order valence-corrected chi connectivity index (χ0v) is 14.1. The van der Waals surface area contributed by atoms with Crippen molar-refractivity contribution in [3.05, 3.63) is 65.4 Å². The van der Waals surface area contributed by atoms with E-state index in [0.717, 1.165) is 0 Å². The molecule has 0 bridgehead atoms. The fourth-order valence-corrected chi connectivity index (χ4v) is 3.05. The Kier molecular flexibility index (Phi) is 2.22. The van der Waals surface area contributed by atoms with Crippen LogP contribution in [-0.2, 0) is 6.37 Å². The van der Waals surface area contributed by atoms with E-state index in [-0.39, 0.29) is 22.3 Å². The van der Waals surface area contributed by atoms with Gasteiger partial charge in [-0.3, -0.25) is 4.98 Å². The lowest BCUT2D eigenvalue weighted by Gasteiger charge is -2.10. The fourth-order valence-electron chi connectivity index (χ4n) is 3.05. The molecule has 0 N–H and O–H groups in total. The summed E-state index contributed by atoms with van der Waals surface area (Å²) in [6, 6.07) is 11.8. The molecule has 2 heterocycles. The van der Waals surface area contributed by atoms with Crippen LogP contribution in [0.15, 0.2) is 53.1 Å². The van der Waals surface area contributed by atoms with Gasteiger partial charge in [-0.15, -0.1) is 0 Å². The molecule has 126 valence electrons. The largest absolute Gasteiger partial charge is 0.455 e. The molecule has 4 aromatic rings. The van der Waals surface area contributed by atoms with Crippen LogP contribution in [0.3, 0.4) is 0 Å². The van der Waals surface area contributed by atoms with Crippen LogP contribution < -0.4 is 0 Å². The number of fused-ring (bicyclic) bond motifs is 3. The number of pyridine rings is 1. The molecular formula is C23H23NO. The molecule has 2 aromatic heterocycles. The molecule has 0 radical (unpaired) electrons. The molecule has 0 unspecified atom stereocenters. The highest BCUT2D eigenvalue weighted by molar-refractivity contribution is 6.09. The van der Waals surface area contributed by atoms with Crippen LogP contribution in [0, 0.1) is 19.6 Å². The predicted octanol–water partition coefficient (Wildman–Crippen LogP) is 6.46. The summed E-state index contributed by atoms with van der Waals surface area (Å²) in [7, 11) is 0. The minimum absolute atomic E-state index is 0.0544. The van der Waals surface area contributed by atoms with Crippen LogP contribution in [0.25, 0.3) is 33.2 Å². The summed E-state index contributed by atoms with van der Waals surface area (Å²) in [5, 5.41) is 1.35. The number of rotatable bonds is 3. The molecular weight excluding hydrogens is 306 g/mol. The Hall–Kier alpha value is -2.61. The molecule has 2 aromatic carbocycles. The number of aromatic nitrogens is 1. The SMILES string of the molecule is [2H]C([2H])([2H])c1cnc(-c2cccc3c2oc2c(C([2H])([2H])[2H])cccc23)cc1C([2H])([2H])C(C)C. The molecule has 0 aliphatic rings. The van der Waals surface area contributed by atoms with Crippen molar-refractivity contribution < 1.29 is 15.4 Å². The van der Waals surface area contributed by atoms with Crippen molar-refractivity contribution in [2.45, 2.75) is 33.9 Å². The second-order valence-electron chi connectivity index (χ2n) is 6.38. The van der Waals surface area contributed by atoms with Gasteiger partial charge in [-0.25, -0.2) is 0 Å². The van der Waals surface area contributed by atoms with E-state index in [1.54, 1.807) is 38.1 Å². The molecule has 2 nitrogen and oxygen atoms in total. The highest BCUT2D eigenvalue weighted by Gasteiger charge is 2.15. The first kappa shape index (κ1) is 9.19. The highest BCUT2D eigenvalue weighted by Crippen LogP contribution is 2.36. The number of benzene rings is 2. The van der Waals surface area contributed by atoms with Gasteiger partial charge < -0.3 is 4.42 Å². The summed E-state index contributed by atoms with van der Waals surface area (Å²) in [6.45, 7) is -1.49. The van der Waals surface area contributed by atoms with E-state index >= 15 is 0 Å². The molecule has 4 rings (SSSR count). The van der Waals surface area contributed by atoms with Crippen molar-refractivity contribution in [3.63, 3.8) is 0 Å². The lowest BCUT2D eigenvalue weighted by Crippen LogP contribution is -1.99. The number of aryl methyl sites for hydroxylation is 2. The van der Waals surface area contributed by atoms with Crippen LogP contribution in [0.2, 0.25) is 0 Å². The van der Waals surface area contributed by atoms with Crippen molar-refractivity contribution in [1.82, 2.24) is 4.98 Å². The summed E-state index contributed by atoms with van der Waals surface area (Å²) in [4.78, 5) is 4.34. The molecule has 0 amide bonds. The van der Waals surface area contributed by atoms with Gasteiger partial charge in [-0.1, -0.05) is 44.2 Å². The first-order valence-electron chi connectivity index (χ1n) is 12.2. The maximum Gasteiger partial charge on any atom is 0.144 e. The number of para-hydroxylation sites is 2. The number of hydrogen-bond acceptors (Lipinski definition) is 2. The van der Waals surface area contributed by atoms with Crippen molar-refractivity contribution >= 4 is 21.9 Å². The van der Waals surface area contributed by atoms with Crippen LogP contribution in [0.1, 0.15) is 41.5 Å². The van der Waals surface area contributed by atoms with E-state index in [1.165, 1.54) is 18.3 Å². The third kappa shape index (κ3) is 2.72. The van der Waals surface area contributed by atoms with Crippen LogP contribution in [-0.4, -0.2) is 4.98 Å². The summed E-state index contributed by atoms with van der Waals surface area (Å²) in [5.41, 5.74) is 1.57. The summed E-state index contributed by atoms with van der Waals surface area (Å²) >= 11 is 0. The van der Waals surface area contributed by atoms with E-state index in [2.05, 4.69) is 4.98 Å². The smallest absolute Gasteiger partial charge is 0.144 e. The minimum atomic E-state index is -2.52. The number of nitrogens with zero attached hydrogens (tertiary/aromatic N) is 1. The van der Waals surface area contributed by atoms with Gasteiger partial charge in [0, 0.05) is 33.5 Å². The van der Waals surface area contributed by atoms with Crippen LogP contribution in [0.4, 0.5) is 0 Å². The van der Waals surface area contributed by atoms with Gasteiger partial charge in [0.1, 0.15) is 11.2 Å². The molecule has 0 spiro atoms. The molecule has 25 heavy (non-hydrogen) atoms. The monoisotopic (exact) mass is 337 g/mol. The second-order valence-corrected chi connectivity index (χ2v) is 6.38. The van der Waals surface area contributed by atoms with Crippen LogP contribution in [0.5, 0.6) is 0 Å². The van der Waals surface area contributed by atoms with Gasteiger partial charge in [0.25, 0.3) is 0 Å².